The van der Waals surface area contributed by atoms with Crippen LogP contribution in [0, 0.1) is 5.82 Å². The Kier molecular flexibility index (Phi) is 2.72. The van der Waals surface area contributed by atoms with Gasteiger partial charge in [0.15, 0.2) is 11.4 Å². The van der Waals surface area contributed by atoms with Crippen molar-refractivity contribution in [2.24, 2.45) is 0 Å². The monoisotopic (exact) mass is 296 g/mol. The molecule has 0 bridgehead atoms. The van der Waals surface area contributed by atoms with E-state index in [0.29, 0.717) is 16.0 Å². The van der Waals surface area contributed by atoms with Crippen LogP contribution in [-0.4, -0.2) is 0 Å². The Morgan fingerprint density at radius 3 is 2.48 bits per heavy atom. The van der Waals surface area contributed by atoms with Gasteiger partial charge in [-0.25, -0.2) is 4.39 Å². The average molecular weight is 297 g/mol. The minimum Gasteiger partial charge on any atom is -0.453 e. The predicted molar refractivity (Wildman–Crippen MR) is 84.1 cm³/mol. The van der Waals surface area contributed by atoms with Crippen molar-refractivity contribution in [3.8, 4) is 11.1 Å². The topological polar surface area (TPSA) is 13.1 Å². The van der Waals surface area contributed by atoms with Gasteiger partial charge >= 0.3 is 0 Å². The number of furan rings is 1. The second-order valence-electron chi connectivity index (χ2n) is 4.92. The second-order valence-corrected chi connectivity index (χ2v) is 5.32. The first-order valence-electron chi connectivity index (χ1n) is 6.60. The number of hydrogen-bond acceptors (Lipinski definition) is 1. The largest absolute Gasteiger partial charge is 0.453 e. The van der Waals surface area contributed by atoms with Crippen LogP contribution in [0.5, 0.6) is 0 Å². The summed E-state index contributed by atoms with van der Waals surface area (Å²) in [6.45, 7) is 0. The number of fused-ring (bicyclic) bond motifs is 3. The fourth-order valence-electron chi connectivity index (χ4n) is 2.64. The van der Waals surface area contributed by atoms with Crippen molar-refractivity contribution >= 4 is 33.5 Å². The zero-order valence-corrected chi connectivity index (χ0v) is 11.7. The molecule has 21 heavy (non-hydrogen) atoms. The van der Waals surface area contributed by atoms with Crippen LogP contribution in [0.1, 0.15) is 0 Å². The van der Waals surface area contributed by atoms with E-state index in [0.717, 1.165) is 16.5 Å². The molecule has 0 unspecified atom stereocenters. The Hall–Kier alpha value is -2.32. The summed E-state index contributed by atoms with van der Waals surface area (Å²) in [4.78, 5) is 0. The lowest BCUT2D eigenvalue weighted by Crippen LogP contribution is -1.78. The van der Waals surface area contributed by atoms with Crippen LogP contribution in [0.2, 0.25) is 5.02 Å². The van der Waals surface area contributed by atoms with Crippen molar-refractivity contribution in [1.82, 2.24) is 0 Å². The van der Waals surface area contributed by atoms with Crippen LogP contribution < -0.4 is 0 Å². The molecule has 4 rings (SSSR count). The summed E-state index contributed by atoms with van der Waals surface area (Å²) in [7, 11) is 0. The van der Waals surface area contributed by atoms with Gasteiger partial charge in [0.1, 0.15) is 5.58 Å². The van der Waals surface area contributed by atoms with Crippen molar-refractivity contribution in [3.05, 3.63) is 71.5 Å². The Morgan fingerprint density at radius 1 is 0.857 bits per heavy atom. The molecule has 0 aliphatic rings. The lowest BCUT2D eigenvalue weighted by Gasteiger charge is -2.03. The first-order valence-corrected chi connectivity index (χ1v) is 6.97. The maximum absolute atomic E-state index is 13.8. The summed E-state index contributed by atoms with van der Waals surface area (Å²) in [5, 5.41) is 2.02. The summed E-state index contributed by atoms with van der Waals surface area (Å²) in [5.74, 6) is -0.374. The molecular weight excluding hydrogens is 287 g/mol. The first kappa shape index (κ1) is 12.4. The Morgan fingerprint density at radius 2 is 1.67 bits per heavy atom. The van der Waals surface area contributed by atoms with Crippen LogP contribution >= 0.6 is 11.6 Å². The quantitative estimate of drug-likeness (QED) is 0.417. The Bertz CT molecular complexity index is 957. The molecule has 0 radical (unpaired) electrons. The molecule has 0 saturated carbocycles. The van der Waals surface area contributed by atoms with Crippen molar-refractivity contribution in [1.29, 1.82) is 0 Å². The summed E-state index contributed by atoms with van der Waals surface area (Å²) < 4.78 is 19.5. The highest BCUT2D eigenvalue weighted by Gasteiger charge is 2.14. The number of para-hydroxylation sites is 1. The van der Waals surface area contributed by atoms with Crippen LogP contribution in [-0.2, 0) is 0 Å². The highest BCUT2D eigenvalue weighted by Crippen LogP contribution is 2.38. The summed E-state index contributed by atoms with van der Waals surface area (Å²) in [6.07, 6.45) is 0. The van der Waals surface area contributed by atoms with E-state index in [9.17, 15) is 4.39 Å². The molecule has 0 amide bonds. The molecule has 1 aromatic heterocycles. The second kappa shape index (κ2) is 4.61. The minimum absolute atomic E-state index is 0.250. The molecule has 3 aromatic carbocycles. The van der Waals surface area contributed by atoms with Gasteiger partial charge < -0.3 is 4.42 Å². The Labute approximate surface area is 125 Å². The van der Waals surface area contributed by atoms with Gasteiger partial charge in [0.05, 0.1) is 5.02 Å². The fourth-order valence-corrected chi connectivity index (χ4v) is 2.95. The van der Waals surface area contributed by atoms with Gasteiger partial charge in [0, 0.05) is 10.8 Å². The molecule has 0 N–H and O–H groups in total. The summed E-state index contributed by atoms with van der Waals surface area (Å²) in [5.41, 5.74) is 2.84. The van der Waals surface area contributed by atoms with E-state index in [1.165, 1.54) is 6.07 Å². The van der Waals surface area contributed by atoms with E-state index in [4.69, 9.17) is 16.0 Å². The van der Waals surface area contributed by atoms with E-state index < -0.39 is 0 Å². The smallest absolute Gasteiger partial charge is 0.171 e. The molecule has 102 valence electrons. The van der Waals surface area contributed by atoms with Gasteiger partial charge in [0.2, 0.25) is 0 Å². The Balaban J connectivity index is 2.07. The molecule has 1 heterocycles. The zero-order valence-electron chi connectivity index (χ0n) is 10.9. The van der Waals surface area contributed by atoms with E-state index in [2.05, 4.69) is 0 Å². The van der Waals surface area contributed by atoms with Crippen LogP contribution in [0.15, 0.2) is 65.1 Å². The highest BCUT2D eigenvalue weighted by molar-refractivity contribution is 6.38. The summed E-state index contributed by atoms with van der Waals surface area (Å²) >= 11 is 6.40. The maximum Gasteiger partial charge on any atom is 0.171 e. The van der Waals surface area contributed by atoms with Crippen molar-refractivity contribution in [2.45, 2.75) is 0 Å². The fraction of sp³-hybridized carbons (Fsp3) is 0. The average Bonchev–Trinajstić information content (AvgIpc) is 2.89. The SMILES string of the molecule is Fc1cccc2c1oc1cc(-c3ccccc3)cc(Cl)c12. The van der Waals surface area contributed by atoms with Crippen LogP contribution in [0.25, 0.3) is 33.1 Å². The molecule has 0 fully saturated rings. The summed E-state index contributed by atoms with van der Waals surface area (Å²) in [6, 6.07) is 18.5. The first-order chi connectivity index (χ1) is 10.2. The standard InChI is InChI=1S/C18H10ClFO/c19-14-9-12(11-5-2-1-3-6-11)10-16-17(14)13-7-4-8-15(20)18(13)21-16/h1-10H. The number of rotatable bonds is 1. The lowest BCUT2D eigenvalue weighted by atomic mass is 10.0. The van der Waals surface area contributed by atoms with Crippen molar-refractivity contribution in [3.63, 3.8) is 0 Å². The van der Waals surface area contributed by atoms with Crippen molar-refractivity contribution in [2.75, 3.05) is 0 Å². The molecule has 3 heteroatoms. The number of halogens is 2. The molecule has 0 spiro atoms. The van der Waals surface area contributed by atoms with Crippen LogP contribution in [0.3, 0.4) is 0 Å². The van der Waals surface area contributed by atoms with E-state index >= 15 is 0 Å². The van der Waals surface area contributed by atoms with Gasteiger partial charge in [-0.05, 0) is 29.3 Å². The van der Waals surface area contributed by atoms with E-state index in [1.54, 1.807) is 6.07 Å². The molecular formula is C18H10ClFO. The third kappa shape index (κ3) is 1.91. The van der Waals surface area contributed by atoms with Gasteiger partial charge in [0.25, 0.3) is 0 Å². The molecule has 0 aliphatic heterocycles. The molecule has 0 atom stereocenters. The molecule has 1 nitrogen and oxygen atoms in total. The van der Waals surface area contributed by atoms with Crippen LogP contribution in [0.4, 0.5) is 4.39 Å². The van der Waals surface area contributed by atoms with E-state index in [-0.39, 0.29) is 11.4 Å². The van der Waals surface area contributed by atoms with Gasteiger partial charge in [-0.2, -0.15) is 0 Å². The van der Waals surface area contributed by atoms with Gasteiger partial charge in [-0.15, -0.1) is 0 Å². The maximum atomic E-state index is 13.8. The third-order valence-electron chi connectivity index (χ3n) is 3.61. The van der Waals surface area contributed by atoms with Crippen molar-refractivity contribution < 1.29 is 8.81 Å². The number of hydrogen-bond donors (Lipinski definition) is 0. The molecule has 0 aliphatic carbocycles. The zero-order chi connectivity index (χ0) is 14.4. The normalized spacial score (nSPS) is 11.3. The van der Waals surface area contributed by atoms with E-state index in [1.807, 2.05) is 48.5 Å². The van der Waals surface area contributed by atoms with Gasteiger partial charge in [-0.3, -0.25) is 0 Å². The minimum atomic E-state index is -0.374. The third-order valence-corrected chi connectivity index (χ3v) is 3.91. The predicted octanol–water partition coefficient (Wildman–Crippen LogP) is 6.05. The number of benzene rings is 3. The molecule has 4 aromatic rings. The lowest BCUT2D eigenvalue weighted by molar-refractivity contribution is 0.584. The van der Waals surface area contributed by atoms with Gasteiger partial charge in [-0.1, -0.05) is 54.1 Å². The highest BCUT2D eigenvalue weighted by atomic mass is 35.5. The molecule has 0 saturated heterocycles.